The summed E-state index contributed by atoms with van der Waals surface area (Å²) in [5.41, 5.74) is 3.97. The van der Waals surface area contributed by atoms with Crippen LogP contribution < -0.4 is 5.32 Å². The Morgan fingerprint density at radius 3 is 3.07 bits per heavy atom. The van der Waals surface area contributed by atoms with Gasteiger partial charge in [0.1, 0.15) is 0 Å². The molecule has 0 atom stereocenters. The van der Waals surface area contributed by atoms with E-state index >= 15 is 0 Å². The summed E-state index contributed by atoms with van der Waals surface area (Å²) < 4.78 is 1.71. The zero-order valence-electron chi connectivity index (χ0n) is 8.55. The van der Waals surface area contributed by atoms with Crippen molar-refractivity contribution in [3.05, 3.63) is 28.5 Å². The van der Waals surface area contributed by atoms with Gasteiger partial charge in [-0.3, -0.25) is 4.68 Å². The lowest BCUT2D eigenvalue weighted by atomic mass is 10.3. The molecule has 0 amide bonds. The molecule has 2 heterocycles. The van der Waals surface area contributed by atoms with Crippen LogP contribution in [0.4, 0.5) is 0 Å². The molecule has 1 N–H and O–H groups in total. The maximum absolute atomic E-state index is 4.21. The van der Waals surface area contributed by atoms with E-state index in [0.717, 1.165) is 30.9 Å². The van der Waals surface area contributed by atoms with Crippen LogP contribution in [0.3, 0.4) is 0 Å². The molecular formula is C9H13N5S. The first-order chi connectivity index (χ1) is 7.34. The first-order valence-corrected chi connectivity index (χ1v) is 5.72. The van der Waals surface area contributed by atoms with Gasteiger partial charge in [-0.2, -0.15) is 0 Å². The largest absolute Gasteiger partial charge is 0.311 e. The van der Waals surface area contributed by atoms with E-state index in [2.05, 4.69) is 26.0 Å². The fourth-order valence-electron chi connectivity index (χ4n) is 1.27. The molecule has 2 aromatic heterocycles. The molecule has 0 saturated carbocycles. The summed E-state index contributed by atoms with van der Waals surface area (Å²) >= 11 is 1.63. The highest BCUT2D eigenvalue weighted by atomic mass is 32.1. The number of nitrogens with one attached hydrogen (secondary N) is 1. The molecule has 2 rings (SSSR count). The highest BCUT2D eigenvalue weighted by Gasteiger charge is 1.98. The van der Waals surface area contributed by atoms with Crippen molar-refractivity contribution >= 4 is 11.3 Å². The molecule has 2 aromatic rings. The van der Waals surface area contributed by atoms with E-state index in [1.165, 1.54) is 0 Å². The fourth-order valence-corrected chi connectivity index (χ4v) is 1.86. The second-order valence-electron chi connectivity index (χ2n) is 3.29. The average molecular weight is 223 g/mol. The zero-order chi connectivity index (χ0) is 10.5. The lowest BCUT2D eigenvalue weighted by Crippen LogP contribution is -2.17. The summed E-state index contributed by atoms with van der Waals surface area (Å²) in [7, 11) is 1.87. The van der Waals surface area contributed by atoms with Crippen molar-refractivity contribution in [2.75, 3.05) is 6.54 Å². The quantitative estimate of drug-likeness (QED) is 0.754. The number of thiazole rings is 1. The molecule has 0 aliphatic heterocycles. The molecule has 0 unspecified atom stereocenters. The number of rotatable bonds is 5. The third-order valence-corrected chi connectivity index (χ3v) is 2.63. The number of hydrogen-bond acceptors (Lipinski definition) is 5. The summed E-state index contributed by atoms with van der Waals surface area (Å²) in [6.07, 6.45) is 2.87. The van der Waals surface area contributed by atoms with Gasteiger partial charge in [0.25, 0.3) is 0 Å². The van der Waals surface area contributed by atoms with E-state index in [0.29, 0.717) is 0 Å². The monoisotopic (exact) mass is 223 g/mol. The van der Waals surface area contributed by atoms with Gasteiger partial charge in [0.2, 0.25) is 0 Å². The van der Waals surface area contributed by atoms with Crippen LogP contribution in [0.5, 0.6) is 0 Å². The molecule has 5 nitrogen and oxygen atoms in total. The van der Waals surface area contributed by atoms with Crippen molar-refractivity contribution in [3.8, 4) is 0 Å². The van der Waals surface area contributed by atoms with E-state index in [4.69, 9.17) is 0 Å². The minimum atomic E-state index is 0.762. The predicted octanol–water partition coefficient (Wildman–Crippen LogP) is 0.604. The molecule has 0 radical (unpaired) electrons. The lowest BCUT2D eigenvalue weighted by molar-refractivity contribution is 0.666. The molecule has 15 heavy (non-hydrogen) atoms. The number of hydrogen-bond donors (Lipinski definition) is 1. The number of aromatic nitrogens is 4. The molecule has 0 aromatic carbocycles. The van der Waals surface area contributed by atoms with Gasteiger partial charge in [-0.05, 0) is 0 Å². The van der Waals surface area contributed by atoms with Crippen molar-refractivity contribution < 1.29 is 0 Å². The Kier molecular flexibility index (Phi) is 3.41. The topological polar surface area (TPSA) is 55.6 Å². The minimum Gasteiger partial charge on any atom is -0.311 e. The van der Waals surface area contributed by atoms with Crippen LogP contribution in [0.1, 0.15) is 11.4 Å². The Morgan fingerprint density at radius 2 is 2.40 bits per heavy atom. The molecule has 0 fully saturated rings. The lowest BCUT2D eigenvalue weighted by Gasteiger charge is -1.99. The molecule has 0 aliphatic carbocycles. The molecule has 0 saturated heterocycles. The Hall–Kier alpha value is -1.27. The van der Waals surface area contributed by atoms with Gasteiger partial charge in [-0.15, -0.1) is 16.4 Å². The van der Waals surface area contributed by atoms with E-state index in [-0.39, 0.29) is 0 Å². The third-order valence-electron chi connectivity index (χ3n) is 2.00. The van der Waals surface area contributed by atoms with Gasteiger partial charge in [0.05, 0.1) is 16.9 Å². The van der Waals surface area contributed by atoms with Gasteiger partial charge in [0, 0.05) is 38.1 Å². The zero-order valence-corrected chi connectivity index (χ0v) is 9.37. The van der Waals surface area contributed by atoms with Crippen molar-refractivity contribution in [1.82, 2.24) is 25.3 Å². The van der Waals surface area contributed by atoms with Gasteiger partial charge in [0.15, 0.2) is 0 Å². The Bertz CT molecular complexity index is 394. The van der Waals surface area contributed by atoms with E-state index < -0.39 is 0 Å². The maximum Gasteiger partial charge on any atom is 0.0964 e. The Labute approximate surface area is 92.2 Å². The SMILES string of the molecule is Cn1cc(CNCCc2cscn2)nn1. The second kappa shape index (κ2) is 4.99. The smallest absolute Gasteiger partial charge is 0.0964 e. The Morgan fingerprint density at radius 1 is 1.47 bits per heavy atom. The van der Waals surface area contributed by atoms with Crippen molar-refractivity contribution in [2.24, 2.45) is 7.05 Å². The number of aryl methyl sites for hydroxylation is 1. The molecule has 80 valence electrons. The van der Waals surface area contributed by atoms with Crippen LogP contribution in [0.25, 0.3) is 0 Å². The van der Waals surface area contributed by atoms with Gasteiger partial charge >= 0.3 is 0 Å². The van der Waals surface area contributed by atoms with Crippen LogP contribution in [-0.2, 0) is 20.0 Å². The minimum absolute atomic E-state index is 0.762. The first kappa shape index (κ1) is 10.3. The number of nitrogens with zero attached hydrogens (tertiary/aromatic N) is 4. The molecule has 0 spiro atoms. The summed E-state index contributed by atoms with van der Waals surface area (Å²) in [6, 6.07) is 0. The highest BCUT2D eigenvalue weighted by molar-refractivity contribution is 7.07. The van der Waals surface area contributed by atoms with Crippen molar-refractivity contribution in [2.45, 2.75) is 13.0 Å². The van der Waals surface area contributed by atoms with E-state index in [1.807, 2.05) is 18.8 Å². The van der Waals surface area contributed by atoms with Crippen molar-refractivity contribution in [3.63, 3.8) is 0 Å². The molecule has 0 aliphatic rings. The molecule has 0 bridgehead atoms. The van der Waals surface area contributed by atoms with Gasteiger partial charge in [-0.1, -0.05) is 5.21 Å². The summed E-state index contributed by atoms with van der Waals surface area (Å²) in [5, 5.41) is 13.2. The average Bonchev–Trinajstić information content (AvgIpc) is 2.84. The third kappa shape index (κ3) is 3.10. The normalized spacial score (nSPS) is 10.7. The van der Waals surface area contributed by atoms with Crippen molar-refractivity contribution in [1.29, 1.82) is 0 Å². The second-order valence-corrected chi connectivity index (χ2v) is 4.01. The fraction of sp³-hybridized carbons (Fsp3) is 0.444. The van der Waals surface area contributed by atoms with Gasteiger partial charge in [-0.25, -0.2) is 4.98 Å². The molecule has 6 heteroatoms. The predicted molar refractivity (Wildman–Crippen MR) is 58.5 cm³/mol. The Balaban J connectivity index is 1.67. The summed E-state index contributed by atoms with van der Waals surface area (Å²) in [6.45, 7) is 1.68. The van der Waals surface area contributed by atoms with E-state index in [1.54, 1.807) is 16.0 Å². The maximum atomic E-state index is 4.21. The standard InChI is InChI=1S/C9H13N5S/c1-14-5-9(12-13-14)4-10-3-2-8-6-15-7-11-8/h5-7,10H,2-4H2,1H3. The highest BCUT2D eigenvalue weighted by Crippen LogP contribution is 2.00. The van der Waals surface area contributed by atoms with Gasteiger partial charge < -0.3 is 5.32 Å². The van der Waals surface area contributed by atoms with Crippen LogP contribution in [0, 0.1) is 0 Å². The van der Waals surface area contributed by atoms with E-state index in [9.17, 15) is 0 Å². The van der Waals surface area contributed by atoms with Crippen LogP contribution in [0.15, 0.2) is 17.1 Å². The van der Waals surface area contributed by atoms with Crippen LogP contribution in [0.2, 0.25) is 0 Å². The summed E-state index contributed by atoms with van der Waals surface area (Å²) in [4.78, 5) is 4.21. The van der Waals surface area contributed by atoms with Crippen LogP contribution in [-0.4, -0.2) is 26.5 Å². The summed E-state index contributed by atoms with van der Waals surface area (Å²) in [5.74, 6) is 0. The first-order valence-electron chi connectivity index (χ1n) is 4.77. The molecular weight excluding hydrogens is 210 g/mol. The van der Waals surface area contributed by atoms with Crippen LogP contribution >= 0.6 is 11.3 Å².